The lowest BCUT2D eigenvalue weighted by Gasteiger charge is -2.24. The van der Waals surface area contributed by atoms with E-state index in [-0.39, 0.29) is 18.4 Å². The number of rotatable bonds is 6. The Balaban J connectivity index is 2.10. The molecule has 0 fully saturated rings. The van der Waals surface area contributed by atoms with Crippen molar-refractivity contribution in [2.45, 2.75) is 40.7 Å². The van der Waals surface area contributed by atoms with E-state index in [1.807, 2.05) is 50.2 Å². The standard InChI is InChI=1S/C21H25ClN2O2/c1-5-15-11-8-9-14(2)18(15)24-20(26)21(3,4)19(25)23-13-16-10-6-7-12-17(16)22/h6-12H,5,13H2,1-4H3,(H,23,25)(H,24,26). The fourth-order valence-corrected chi connectivity index (χ4v) is 2.82. The third-order valence-electron chi connectivity index (χ3n) is 4.51. The van der Waals surface area contributed by atoms with Gasteiger partial charge in [-0.25, -0.2) is 0 Å². The van der Waals surface area contributed by atoms with Crippen molar-refractivity contribution in [1.29, 1.82) is 0 Å². The fraction of sp³-hybridized carbons (Fsp3) is 0.333. The van der Waals surface area contributed by atoms with Crippen molar-refractivity contribution in [3.63, 3.8) is 0 Å². The van der Waals surface area contributed by atoms with E-state index in [1.54, 1.807) is 19.9 Å². The zero-order valence-corrected chi connectivity index (χ0v) is 16.4. The maximum Gasteiger partial charge on any atom is 0.239 e. The Morgan fingerprint density at radius 1 is 1.00 bits per heavy atom. The van der Waals surface area contributed by atoms with E-state index in [9.17, 15) is 9.59 Å². The van der Waals surface area contributed by atoms with Crippen LogP contribution < -0.4 is 10.6 Å². The number of carbonyl (C=O) groups is 2. The summed E-state index contributed by atoms with van der Waals surface area (Å²) in [6.07, 6.45) is 0.802. The predicted octanol–water partition coefficient (Wildman–Crippen LogP) is 4.49. The molecule has 2 aromatic carbocycles. The molecule has 2 amide bonds. The minimum Gasteiger partial charge on any atom is -0.351 e. The third kappa shape index (κ3) is 4.44. The molecule has 0 aliphatic heterocycles. The van der Waals surface area contributed by atoms with Gasteiger partial charge >= 0.3 is 0 Å². The Bertz CT molecular complexity index is 815. The Hall–Kier alpha value is -2.33. The zero-order chi connectivity index (χ0) is 19.3. The van der Waals surface area contributed by atoms with Crippen molar-refractivity contribution in [1.82, 2.24) is 5.32 Å². The second-order valence-electron chi connectivity index (χ2n) is 6.82. The van der Waals surface area contributed by atoms with E-state index in [0.29, 0.717) is 5.02 Å². The Morgan fingerprint density at radius 3 is 2.31 bits per heavy atom. The number of aryl methyl sites for hydroxylation is 2. The van der Waals surface area contributed by atoms with Crippen LogP contribution in [0.5, 0.6) is 0 Å². The first-order chi connectivity index (χ1) is 12.3. The number of halogens is 1. The average molecular weight is 373 g/mol. The van der Waals surface area contributed by atoms with Gasteiger partial charge in [0.1, 0.15) is 5.41 Å². The summed E-state index contributed by atoms with van der Waals surface area (Å²) in [7, 11) is 0. The van der Waals surface area contributed by atoms with Crippen LogP contribution in [0.2, 0.25) is 5.02 Å². The summed E-state index contributed by atoms with van der Waals surface area (Å²) in [6.45, 7) is 7.49. The molecular weight excluding hydrogens is 348 g/mol. The summed E-state index contributed by atoms with van der Waals surface area (Å²) in [5, 5.41) is 6.33. The van der Waals surface area contributed by atoms with Crippen LogP contribution in [0, 0.1) is 12.3 Å². The van der Waals surface area contributed by atoms with Gasteiger partial charge in [0.15, 0.2) is 0 Å². The Labute approximate surface area is 159 Å². The van der Waals surface area contributed by atoms with E-state index >= 15 is 0 Å². The molecule has 0 unspecified atom stereocenters. The molecule has 0 saturated carbocycles. The second-order valence-corrected chi connectivity index (χ2v) is 7.22. The summed E-state index contributed by atoms with van der Waals surface area (Å²) in [4.78, 5) is 25.4. The largest absolute Gasteiger partial charge is 0.351 e. The molecule has 0 aliphatic carbocycles. The average Bonchev–Trinajstić information content (AvgIpc) is 2.62. The minimum absolute atomic E-state index is 0.278. The number of benzene rings is 2. The van der Waals surface area contributed by atoms with E-state index < -0.39 is 5.41 Å². The third-order valence-corrected chi connectivity index (χ3v) is 4.88. The molecule has 0 radical (unpaired) electrons. The first-order valence-electron chi connectivity index (χ1n) is 8.69. The highest BCUT2D eigenvalue weighted by Crippen LogP contribution is 2.25. The number of amides is 2. The molecule has 0 aliphatic rings. The second kappa shape index (κ2) is 8.37. The van der Waals surface area contributed by atoms with Crippen LogP contribution >= 0.6 is 11.6 Å². The van der Waals surface area contributed by atoms with Crippen LogP contribution in [0.4, 0.5) is 5.69 Å². The van der Waals surface area contributed by atoms with E-state index in [4.69, 9.17) is 11.6 Å². The van der Waals surface area contributed by atoms with Gasteiger partial charge in [0.2, 0.25) is 11.8 Å². The number of anilines is 1. The lowest BCUT2D eigenvalue weighted by molar-refractivity contribution is -0.138. The molecule has 0 spiro atoms. The Kier molecular flexibility index (Phi) is 6.43. The van der Waals surface area contributed by atoms with Crippen LogP contribution in [-0.4, -0.2) is 11.8 Å². The molecule has 0 saturated heterocycles. The topological polar surface area (TPSA) is 58.2 Å². The van der Waals surface area contributed by atoms with Crippen LogP contribution in [0.1, 0.15) is 37.5 Å². The highest BCUT2D eigenvalue weighted by molar-refractivity contribution is 6.31. The highest BCUT2D eigenvalue weighted by atomic mass is 35.5. The highest BCUT2D eigenvalue weighted by Gasteiger charge is 2.36. The van der Waals surface area contributed by atoms with Gasteiger partial charge in [-0.3, -0.25) is 9.59 Å². The molecule has 26 heavy (non-hydrogen) atoms. The van der Waals surface area contributed by atoms with E-state index in [2.05, 4.69) is 10.6 Å². The fourth-order valence-electron chi connectivity index (χ4n) is 2.61. The summed E-state index contributed by atoms with van der Waals surface area (Å²) < 4.78 is 0. The van der Waals surface area contributed by atoms with Crippen LogP contribution in [0.15, 0.2) is 42.5 Å². The SMILES string of the molecule is CCc1cccc(C)c1NC(=O)C(C)(C)C(=O)NCc1ccccc1Cl. The van der Waals surface area contributed by atoms with Crippen LogP contribution in [-0.2, 0) is 22.6 Å². The maximum atomic E-state index is 12.8. The van der Waals surface area contributed by atoms with Gasteiger partial charge < -0.3 is 10.6 Å². The quantitative estimate of drug-likeness (QED) is 0.734. The molecule has 0 bridgehead atoms. The van der Waals surface area contributed by atoms with Gasteiger partial charge in [0.05, 0.1) is 0 Å². The van der Waals surface area contributed by atoms with Gasteiger partial charge in [-0.15, -0.1) is 0 Å². The predicted molar refractivity (Wildman–Crippen MR) is 106 cm³/mol. The van der Waals surface area contributed by atoms with Crippen molar-refractivity contribution in [2.24, 2.45) is 5.41 Å². The molecule has 0 heterocycles. The molecule has 5 heteroatoms. The number of carbonyl (C=O) groups excluding carboxylic acids is 2. The van der Waals surface area contributed by atoms with Crippen LogP contribution in [0.25, 0.3) is 0 Å². The van der Waals surface area contributed by atoms with Crippen molar-refractivity contribution in [2.75, 3.05) is 5.32 Å². The monoisotopic (exact) mass is 372 g/mol. The first-order valence-corrected chi connectivity index (χ1v) is 9.06. The van der Waals surface area contributed by atoms with Gasteiger partial charge in [-0.1, -0.05) is 54.9 Å². The van der Waals surface area contributed by atoms with Crippen molar-refractivity contribution in [3.05, 3.63) is 64.2 Å². The Morgan fingerprint density at radius 2 is 1.65 bits per heavy atom. The maximum absolute atomic E-state index is 12.8. The number of para-hydroxylation sites is 1. The molecule has 2 aromatic rings. The molecule has 2 rings (SSSR count). The van der Waals surface area contributed by atoms with Crippen LogP contribution in [0.3, 0.4) is 0 Å². The van der Waals surface area contributed by atoms with Gasteiger partial charge in [-0.2, -0.15) is 0 Å². The normalized spacial score (nSPS) is 11.1. The lowest BCUT2D eigenvalue weighted by atomic mass is 9.90. The van der Waals surface area contributed by atoms with Crippen molar-refractivity contribution < 1.29 is 9.59 Å². The summed E-state index contributed by atoms with van der Waals surface area (Å²) in [6, 6.07) is 13.2. The molecule has 2 N–H and O–H groups in total. The molecule has 138 valence electrons. The number of hydrogen-bond donors (Lipinski definition) is 2. The number of hydrogen-bond acceptors (Lipinski definition) is 2. The lowest BCUT2D eigenvalue weighted by Crippen LogP contribution is -2.45. The minimum atomic E-state index is -1.21. The summed E-state index contributed by atoms with van der Waals surface area (Å²) >= 11 is 6.11. The molecule has 0 atom stereocenters. The van der Waals surface area contributed by atoms with E-state index in [1.165, 1.54) is 0 Å². The molecule has 0 aromatic heterocycles. The smallest absolute Gasteiger partial charge is 0.239 e. The van der Waals surface area contributed by atoms with Gasteiger partial charge in [0, 0.05) is 17.3 Å². The molecule has 4 nitrogen and oxygen atoms in total. The van der Waals surface area contributed by atoms with Crippen molar-refractivity contribution in [3.8, 4) is 0 Å². The summed E-state index contributed by atoms with van der Waals surface area (Å²) in [5.74, 6) is -0.681. The zero-order valence-electron chi connectivity index (χ0n) is 15.7. The van der Waals surface area contributed by atoms with E-state index in [0.717, 1.165) is 28.8 Å². The van der Waals surface area contributed by atoms with Gasteiger partial charge in [-0.05, 0) is 49.9 Å². The molecular formula is C21H25ClN2O2. The first kappa shape index (κ1) is 20.0. The van der Waals surface area contributed by atoms with Gasteiger partial charge in [0.25, 0.3) is 0 Å². The summed E-state index contributed by atoms with van der Waals surface area (Å²) in [5.41, 5.74) is 2.41. The number of nitrogens with one attached hydrogen (secondary N) is 2. The van der Waals surface area contributed by atoms with Crippen molar-refractivity contribution >= 4 is 29.1 Å².